The Kier molecular flexibility index (Phi) is 23.1. The van der Waals surface area contributed by atoms with Gasteiger partial charge in [0.15, 0.2) is 0 Å². The minimum Gasteiger partial charge on any atom is -0.463 e. The van der Waals surface area contributed by atoms with E-state index in [0.717, 1.165) is 90.6 Å². The average Bonchev–Trinajstić information content (AvgIpc) is 3.18. The Morgan fingerprint density at radius 3 is 1.48 bits per heavy atom. The maximum Gasteiger partial charge on any atom is 0.432 e. The largest absolute Gasteiger partial charge is 0.463 e. The van der Waals surface area contributed by atoms with Crippen LogP contribution in [0.5, 0.6) is 0 Å². The van der Waals surface area contributed by atoms with Gasteiger partial charge < -0.3 is 18.9 Å². The molecule has 0 unspecified atom stereocenters. The van der Waals surface area contributed by atoms with Crippen LogP contribution in [0, 0.1) is 0 Å². The van der Waals surface area contributed by atoms with Crippen LogP contribution in [0.15, 0.2) is 60.7 Å². The Hall–Kier alpha value is -1.96. The van der Waals surface area contributed by atoms with Crippen LogP contribution in [0.4, 0.5) is 26.3 Å². The Morgan fingerprint density at radius 1 is 0.586 bits per heavy atom. The molecule has 58 heavy (non-hydrogen) atoms. The molecule has 0 fully saturated rings. The fraction of sp³-hybridized carbons (Fsp3) is 0.667. The van der Waals surface area contributed by atoms with Crippen LogP contribution in [0.2, 0.25) is 0 Å². The molecule has 0 heterocycles. The molecule has 0 bridgehead atoms. The molecule has 0 N–H and O–H groups in total. The second kappa shape index (κ2) is 25.7. The van der Waals surface area contributed by atoms with Gasteiger partial charge >= 0.3 is 24.3 Å². The van der Waals surface area contributed by atoms with Crippen molar-refractivity contribution in [2.24, 2.45) is 0 Å². The summed E-state index contributed by atoms with van der Waals surface area (Å²) < 4.78 is 106. The van der Waals surface area contributed by atoms with E-state index in [1.807, 2.05) is 0 Å². The lowest BCUT2D eigenvalue weighted by atomic mass is 9.92. The van der Waals surface area contributed by atoms with Gasteiger partial charge in [0, 0.05) is 30.7 Å². The highest BCUT2D eigenvalue weighted by atomic mass is 35.5. The maximum atomic E-state index is 14.7. The molecule has 16 heteroatoms. The number of hydrogen-bond acceptors (Lipinski definition) is 6. The fourth-order valence-electron chi connectivity index (χ4n) is 6.74. The summed E-state index contributed by atoms with van der Waals surface area (Å²) in [7, 11) is 1.61. The molecular formula is C42H56Cl4F6O6. The second-order valence-corrected chi connectivity index (χ2v) is 16.5. The number of benzene rings is 2. The van der Waals surface area contributed by atoms with E-state index in [1.54, 1.807) is 0 Å². The number of hydrogen-bond donors (Lipinski definition) is 0. The maximum absolute atomic E-state index is 14.7. The van der Waals surface area contributed by atoms with Crippen LogP contribution in [-0.2, 0) is 39.7 Å². The topological polar surface area (TPSA) is 71.1 Å². The van der Waals surface area contributed by atoms with E-state index in [1.165, 1.54) is 48.5 Å². The van der Waals surface area contributed by atoms with Crippen LogP contribution in [-0.4, -0.2) is 72.7 Å². The lowest BCUT2D eigenvalue weighted by Gasteiger charge is -2.36. The fourth-order valence-corrected chi connectivity index (χ4v) is 8.33. The standard InChI is InChI=1S/C42H56Cl4F6O6/c1-4-5-6-20-27-33(44)35(46)36(58-38(54)40(56-3,42(50,51)52)31-24-17-14-18-25-31)34(45)29-32(43)26-19-11-9-7-8-10-12-21-28-57-37(53)39(55-2,41(47,48)49)30-22-15-13-16-23-30/h13-18,22-25,32-36H,4-12,19-21,26-29H2,1-3H3/t32-,33+,34+,35+,36-,39+,40+/m0/s1. The van der Waals surface area contributed by atoms with Crippen molar-refractivity contribution in [3.8, 4) is 0 Å². The number of rotatable bonds is 28. The summed E-state index contributed by atoms with van der Waals surface area (Å²) in [5, 5.41) is -3.46. The predicted molar refractivity (Wildman–Crippen MR) is 217 cm³/mol. The van der Waals surface area contributed by atoms with Gasteiger partial charge in [0.1, 0.15) is 6.10 Å². The number of alkyl halides is 10. The van der Waals surface area contributed by atoms with E-state index in [4.69, 9.17) is 65.4 Å². The number of unbranched alkanes of at least 4 members (excludes halogenated alkanes) is 10. The molecule has 0 spiro atoms. The molecule has 0 aliphatic carbocycles. The Labute approximate surface area is 358 Å². The number of esters is 2. The van der Waals surface area contributed by atoms with Crippen molar-refractivity contribution in [3.05, 3.63) is 71.8 Å². The van der Waals surface area contributed by atoms with Crippen molar-refractivity contribution in [2.45, 2.75) is 154 Å². The third-order valence-electron chi connectivity index (χ3n) is 10.1. The molecule has 2 aromatic rings. The first-order chi connectivity index (χ1) is 27.4. The van der Waals surface area contributed by atoms with Crippen LogP contribution >= 0.6 is 46.4 Å². The van der Waals surface area contributed by atoms with Gasteiger partial charge in [0.2, 0.25) is 0 Å². The van der Waals surface area contributed by atoms with Crippen molar-refractivity contribution < 1.29 is 54.9 Å². The molecule has 0 aliphatic heterocycles. The molecule has 7 atom stereocenters. The van der Waals surface area contributed by atoms with Gasteiger partial charge in [-0.15, -0.1) is 46.4 Å². The van der Waals surface area contributed by atoms with Crippen molar-refractivity contribution >= 4 is 58.3 Å². The molecule has 330 valence electrons. The van der Waals surface area contributed by atoms with E-state index in [-0.39, 0.29) is 18.6 Å². The lowest BCUT2D eigenvalue weighted by Crippen LogP contribution is -2.54. The highest BCUT2D eigenvalue weighted by Crippen LogP contribution is 2.45. The van der Waals surface area contributed by atoms with E-state index in [9.17, 15) is 35.9 Å². The number of carbonyl (C=O) groups is 2. The van der Waals surface area contributed by atoms with Crippen LogP contribution in [0.1, 0.15) is 114 Å². The van der Waals surface area contributed by atoms with Crippen LogP contribution in [0.3, 0.4) is 0 Å². The van der Waals surface area contributed by atoms with Gasteiger partial charge in [0.05, 0.1) is 22.7 Å². The lowest BCUT2D eigenvalue weighted by molar-refractivity contribution is -0.278. The summed E-state index contributed by atoms with van der Waals surface area (Å²) in [6.45, 7) is 1.87. The van der Waals surface area contributed by atoms with E-state index in [2.05, 4.69) is 6.92 Å². The monoisotopic (exact) mass is 910 g/mol. The SMILES string of the molecule is CCCCCC[C@@H](Cl)[C@@H](Cl)[C@@H](OC(=O)[C@](OC)(c1ccccc1)C(F)(F)F)[C@H](Cl)C[C@@H](Cl)CCCCCCCCCCOC(=O)[C@](OC)(c1ccccc1)C(F)(F)F. The van der Waals surface area contributed by atoms with E-state index < -0.39 is 68.7 Å². The molecule has 0 aromatic heterocycles. The number of methoxy groups -OCH3 is 2. The molecule has 0 aliphatic rings. The second-order valence-electron chi connectivity index (χ2n) is 14.3. The molecule has 0 radical (unpaired) electrons. The minimum absolute atomic E-state index is 0.0749. The van der Waals surface area contributed by atoms with Crippen molar-refractivity contribution in [1.29, 1.82) is 0 Å². The van der Waals surface area contributed by atoms with Crippen LogP contribution in [0.25, 0.3) is 0 Å². The molecule has 0 saturated carbocycles. The van der Waals surface area contributed by atoms with Crippen molar-refractivity contribution in [1.82, 2.24) is 0 Å². The number of carbonyl (C=O) groups excluding carboxylic acids is 2. The minimum atomic E-state index is -5.20. The van der Waals surface area contributed by atoms with Gasteiger partial charge in [0.25, 0.3) is 11.2 Å². The smallest absolute Gasteiger partial charge is 0.432 e. The summed E-state index contributed by atoms with van der Waals surface area (Å²) in [6, 6.07) is 13.1. The Balaban J connectivity index is 1.88. The Morgan fingerprint density at radius 2 is 1.02 bits per heavy atom. The quantitative estimate of drug-likeness (QED) is 0.0367. The molecule has 6 nitrogen and oxygen atoms in total. The first-order valence-corrected chi connectivity index (χ1v) is 21.5. The summed E-state index contributed by atoms with van der Waals surface area (Å²) in [6.07, 6.45) is -1.00. The van der Waals surface area contributed by atoms with Gasteiger partial charge in [-0.1, -0.05) is 138 Å². The number of ether oxygens (including phenoxy) is 4. The van der Waals surface area contributed by atoms with Crippen LogP contribution < -0.4 is 0 Å². The summed E-state index contributed by atoms with van der Waals surface area (Å²) in [5.41, 5.74) is -7.47. The van der Waals surface area contributed by atoms with Crippen molar-refractivity contribution in [2.75, 3.05) is 20.8 Å². The van der Waals surface area contributed by atoms with Crippen molar-refractivity contribution in [3.63, 3.8) is 0 Å². The summed E-state index contributed by atoms with van der Waals surface area (Å²) in [4.78, 5) is 26.2. The summed E-state index contributed by atoms with van der Waals surface area (Å²) in [5.74, 6) is -3.22. The van der Waals surface area contributed by atoms with Gasteiger partial charge in [-0.2, -0.15) is 26.3 Å². The first kappa shape index (κ1) is 52.2. The number of halogens is 10. The normalized spacial score (nSPS) is 17.0. The summed E-state index contributed by atoms with van der Waals surface area (Å²) >= 11 is 26.8. The zero-order valence-electron chi connectivity index (χ0n) is 33.2. The zero-order chi connectivity index (χ0) is 43.4. The first-order valence-electron chi connectivity index (χ1n) is 19.7. The average molecular weight is 913 g/mol. The highest BCUT2D eigenvalue weighted by Gasteiger charge is 2.65. The highest BCUT2D eigenvalue weighted by molar-refractivity contribution is 6.31. The zero-order valence-corrected chi connectivity index (χ0v) is 36.2. The van der Waals surface area contributed by atoms with E-state index in [0.29, 0.717) is 25.7 Å². The molecular weight excluding hydrogens is 856 g/mol. The molecule has 0 amide bonds. The molecule has 2 rings (SSSR count). The molecule has 0 saturated heterocycles. The van der Waals surface area contributed by atoms with Gasteiger partial charge in [-0.25, -0.2) is 9.59 Å². The molecule has 2 aromatic carbocycles. The third kappa shape index (κ3) is 14.6. The van der Waals surface area contributed by atoms with E-state index >= 15 is 0 Å². The predicted octanol–water partition coefficient (Wildman–Crippen LogP) is 13.0. The third-order valence-corrected chi connectivity index (χ3v) is 12.1. The van der Waals surface area contributed by atoms with Gasteiger partial charge in [-0.3, -0.25) is 0 Å². The Bertz CT molecular complexity index is 1460. The van der Waals surface area contributed by atoms with Gasteiger partial charge in [-0.05, 0) is 25.7 Å².